The number of hydrogen-bond donors (Lipinski definition) is 4. The molecule has 3 aromatic carbocycles. The van der Waals surface area contributed by atoms with E-state index in [1.54, 1.807) is 42.6 Å². The van der Waals surface area contributed by atoms with Crippen LogP contribution in [0.25, 0.3) is 5.70 Å². The van der Waals surface area contributed by atoms with Crippen LogP contribution >= 0.6 is 22.6 Å². The van der Waals surface area contributed by atoms with Gasteiger partial charge in [-0.15, -0.1) is 0 Å². The van der Waals surface area contributed by atoms with Crippen molar-refractivity contribution in [1.29, 1.82) is 0 Å². The number of amides is 1. The molecule has 5 N–H and O–H groups in total. The van der Waals surface area contributed by atoms with Crippen molar-refractivity contribution in [2.75, 3.05) is 0 Å². The van der Waals surface area contributed by atoms with E-state index in [1.807, 2.05) is 42.5 Å². The molecular formula is C26H24IN3O3. The van der Waals surface area contributed by atoms with Crippen molar-refractivity contribution in [2.24, 2.45) is 5.73 Å². The van der Waals surface area contributed by atoms with Crippen LogP contribution in [-0.2, 0) is 17.6 Å². The average molecular weight is 553 g/mol. The molecule has 1 aliphatic rings. The average Bonchev–Trinajstić information content (AvgIpc) is 2.82. The maximum Gasteiger partial charge on any atom is 0.245 e. The molecule has 1 unspecified atom stereocenters. The second-order valence-electron chi connectivity index (χ2n) is 7.79. The molecule has 0 bridgehead atoms. The number of benzene rings is 3. The summed E-state index contributed by atoms with van der Waals surface area (Å²) >= 11 is 2.13. The Morgan fingerprint density at radius 3 is 2.15 bits per heavy atom. The molecule has 0 aromatic heterocycles. The number of rotatable bonds is 6. The molecule has 0 aliphatic carbocycles. The lowest BCUT2D eigenvalue weighted by Crippen LogP contribution is -2.41. The number of nitrogens with zero attached hydrogens (tertiary/aromatic N) is 1. The van der Waals surface area contributed by atoms with Gasteiger partial charge in [0.2, 0.25) is 5.91 Å². The van der Waals surface area contributed by atoms with Gasteiger partial charge >= 0.3 is 0 Å². The van der Waals surface area contributed by atoms with Crippen molar-refractivity contribution >= 4 is 34.2 Å². The Hall–Kier alpha value is -3.46. The lowest BCUT2D eigenvalue weighted by molar-refractivity contribution is -0.126. The highest BCUT2D eigenvalue weighted by molar-refractivity contribution is 14.1. The number of allylic oxidation sites excluding steroid dienone is 1. The quantitative estimate of drug-likeness (QED) is 0.271. The van der Waals surface area contributed by atoms with E-state index in [0.29, 0.717) is 18.7 Å². The molecule has 1 atom stereocenters. The van der Waals surface area contributed by atoms with Crippen LogP contribution in [0.3, 0.4) is 0 Å². The zero-order valence-corrected chi connectivity index (χ0v) is 19.9. The minimum atomic E-state index is -0.362. The van der Waals surface area contributed by atoms with E-state index in [-0.39, 0.29) is 21.3 Å². The molecule has 6 nitrogen and oxygen atoms in total. The maximum absolute atomic E-state index is 13.5. The smallest absolute Gasteiger partial charge is 0.245 e. The number of hydrogen-bond acceptors (Lipinski definition) is 5. The molecule has 0 saturated heterocycles. The summed E-state index contributed by atoms with van der Waals surface area (Å²) in [5.74, 6) is 0.587. The van der Waals surface area contributed by atoms with Gasteiger partial charge in [-0.3, -0.25) is 9.69 Å². The topological polar surface area (TPSA) is 98.8 Å². The van der Waals surface area contributed by atoms with Gasteiger partial charge in [0.1, 0.15) is 17.3 Å². The zero-order valence-electron chi connectivity index (χ0n) is 17.8. The third-order valence-corrected chi connectivity index (χ3v) is 6.34. The van der Waals surface area contributed by atoms with Crippen molar-refractivity contribution in [3.05, 3.63) is 113 Å². The number of phenolic OH excluding ortho intramolecular Hbond substituents is 2. The van der Waals surface area contributed by atoms with Crippen molar-refractivity contribution in [3.8, 4) is 11.5 Å². The molecule has 1 heterocycles. The Bertz CT molecular complexity index is 1190. The highest BCUT2D eigenvalue weighted by Gasteiger charge is 2.28. The van der Waals surface area contributed by atoms with E-state index in [9.17, 15) is 15.0 Å². The number of phenols is 2. The fraction of sp³-hybridized carbons (Fsp3) is 0.115. The monoisotopic (exact) mass is 553 g/mol. The Labute approximate surface area is 206 Å². The van der Waals surface area contributed by atoms with Gasteiger partial charge in [0.25, 0.3) is 0 Å². The van der Waals surface area contributed by atoms with Gasteiger partial charge in [0, 0.05) is 12.6 Å². The third kappa shape index (κ3) is 5.48. The van der Waals surface area contributed by atoms with Crippen LogP contribution in [0.1, 0.15) is 16.7 Å². The second kappa shape index (κ2) is 9.99. The van der Waals surface area contributed by atoms with E-state index in [0.717, 1.165) is 28.1 Å². The van der Waals surface area contributed by atoms with Crippen molar-refractivity contribution in [2.45, 2.75) is 16.8 Å². The van der Waals surface area contributed by atoms with Crippen molar-refractivity contribution in [3.63, 3.8) is 0 Å². The van der Waals surface area contributed by atoms with Crippen molar-refractivity contribution in [1.82, 2.24) is 10.2 Å². The fourth-order valence-electron chi connectivity index (χ4n) is 3.58. The highest BCUT2D eigenvalue weighted by Crippen LogP contribution is 2.27. The summed E-state index contributed by atoms with van der Waals surface area (Å²) in [5.41, 5.74) is 10.8. The first-order valence-electron chi connectivity index (χ1n) is 10.5. The second-order valence-corrected chi connectivity index (χ2v) is 9.29. The molecule has 1 aliphatic heterocycles. The number of carbonyl (C=O) groups is 1. The molecule has 0 saturated carbocycles. The number of nitrogens with one attached hydrogen (secondary N) is 1. The van der Waals surface area contributed by atoms with Gasteiger partial charge in [-0.2, -0.15) is 0 Å². The molecule has 4 rings (SSSR count). The summed E-state index contributed by atoms with van der Waals surface area (Å²) in [6.45, 7) is 0. The molecule has 1 amide bonds. The van der Waals surface area contributed by atoms with Crippen LogP contribution in [-0.4, -0.2) is 24.9 Å². The van der Waals surface area contributed by atoms with Crippen LogP contribution in [0.15, 0.2) is 96.6 Å². The molecule has 168 valence electrons. The van der Waals surface area contributed by atoms with Gasteiger partial charge in [0.05, 0.1) is 15.3 Å². The zero-order chi connectivity index (χ0) is 23.4. The predicted molar refractivity (Wildman–Crippen MR) is 137 cm³/mol. The van der Waals surface area contributed by atoms with E-state index in [1.165, 1.54) is 4.90 Å². The number of aromatic hydroxyl groups is 2. The van der Waals surface area contributed by atoms with Crippen LogP contribution in [0.5, 0.6) is 11.5 Å². The Kier molecular flexibility index (Phi) is 6.88. The molecule has 3 aromatic rings. The Morgan fingerprint density at radius 1 is 0.909 bits per heavy atom. The minimum absolute atomic E-state index is 0.135. The SMILES string of the molecule is NC1=C(Cc2ccccc2)NC(c2ccc(O)cc2)=CN1C(=O)C(I)Cc1ccc(O)cc1. The standard InChI is InChI=1S/C26H24IN3O3/c27-22(14-18-6-10-20(31)11-7-18)26(33)30-16-24(19-8-12-21(32)13-9-19)29-23(25(30)28)15-17-4-2-1-3-5-17/h1-13,16,22,29,31-32H,14-15,28H2. The van der Waals surface area contributed by atoms with E-state index >= 15 is 0 Å². The lowest BCUT2D eigenvalue weighted by Gasteiger charge is -2.31. The molecule has 0 radical (unpaired) electrons. The minimum Gasteiger partial charge on any atom is -0.508 e. The first-order chi connectivity index (χ1) is 15.9. The molecule has 7 heteroatoms. The normalized spacial score (nSPS) is 14.5. The van der Waals surface area contributed by atoms with Gasteiger partial charge in [-0.25, -0.2) is 0 Å². The van der Waals surface area contributed by atoms with E-state index < -0.39 is 0 Å². The van der Waals surface area contributed by atoms with Crippen LogP contribution in [0.4, 0.5) is 0 Å². The number of halogens is 1. The number of nitrogens with two attached hydrogens (primary N) is 1. The maximum atomic E-state index is 13.5. The number of alkyl halides is 1. The fourth-order valence-corrected chi connectivity index (χ4v) is 4.39. The summed E-state index contributed by atoms with van der Waals surface area (Å²) < 4.78 is -0.362. The highest BCUT2D eigenvalue weighted by atomic mass is 127. The Balaban J connectivity index is 1.64. The first kappa shape index (κ1) is 22.7. The predicted octanol–water partition coefficient (Wildman–Crippen LogP) is 4.24. The number of carbonyl (C=O) groups excluding carboxylic acids is 1. The van der Waals surface area contributed by atoms with Gasteiger partial charge in [-0.1, -0.05) is 65.1 Å². The van der Waals surface area contributed by atoms with Gasteiger partial charge in [-0.05, 0) is 59.5 Å². The summed E-state index contributed by atoms with van der Waals surface area (Å²) in [6, 6.07) is 23.5. The summed E-state index contributed by atoms with van der Waals surface area (Å²) in [7, 11) is 0. The van der Waals surface area contributed by atoms with Crippen molar-refractivity contribution < 1.29 is 15.0 Å². The van der Waals surface area contributed by atoms with Crippen LogP contribution in [0.2, 0.25) is 0 Å². The lowest BCUT2D eigenvalue weighted by atomic mass is 10.1. The molecule has 0 fully saturated rings. The molecule has 0 spiro atoms. The summed E-state index contributed by atoms with van der Waals surface area (Å²) in [5, 5.41) is 22.6. The van der Waals surface area contributed by atoms with Crippen LogP contribution < -0.4 is 11.1 Å². The van der Waals surface area contributed by atoms with Gasteiger partial charge in [0.15, 0.2) is 0 Å². The first-order valence-corrected chi connectivity index (χ1v) is 11.7. The van der Waals surface area contributed by atoms with Crippen LogP contribution in [0, 0.1) is 0 Å². The third-order valence-electron chi connectivity index (χ3n) is 5.37. The van der Waals surface area contributed by atoms with Gasteiger partial charge < -0.3 is 21.3 Å². The van der Waals surface area contributed by atoms with E-state index in [2.05, 4.69) is 27.9 Å². The largest absolute Gasteiger partial charge is 0.508 e. The summed E-state index contributed by atoms with van der Waals surface area (Å²) in [6.07, 6.45) is 2.75. The molecular weight excluding hydrogens is 529 g/mol. The molecule has 33 heavy (non-hydrogen) atoms. The summed E-state index contributed by atoms with van der Waals surface area (Å²) in [4.78, 5) is 15.0. The van der Waals surface area contributed by atoms with E-state index in [4.69, 9.17) is 5.73 Å². The Morgan fingerprint density at radius 2 is 1.52 bits per heavy atom.